The van der Waals surface area contributed by atoms with Crippen LogP contribution in [0.1, 0.15) is 46.1 Å². The van der Waals surface area contributed by atoms with Gasteiger partial charge in [0, 0.05) is 0 Å². The Hall–Kier alpha value is -3.12. The van der Waals surface area contributed by atoms with Crippen molar-refractivity contribution in [3.05, 3.63) is 47.2 Å². The van der Waals surface area contributed by atoms with E-state index in [1.165, 1.54) is 0 Å². The second-order valence-corrected chi connectivity index (χ2v) is 7.16. The zero-order valence-electron chi connectivity index (χ0n) is 15.5. The number of carbonyl (C=O) groups excluding carboxylic acids is 1. The molecule has 134 valence electrons. The first-order valence-corrected chi connectivity index (χ1v) is 8.19. The van der Waals surface area contributed by atoms with Crippen LogP contribution in [0.25, 0.3) is 0 Å². The van der Waals surface area contributed by atoms with Gasteiger partial charge in [0.05, 0.1) is 11.5 Å². The van der Waals surface area contributed by atoms with Crippen LogP contribution in [-0.2, 0) is 14.3 Å². The Morgan fingerprint density at radius 1 is 1.23 bits per heavy atom. The summed E-state index contributed by atoms with van der Waals surface area (Å²) >= 11 is 0. The van der Waals surface area contributed by atoms with Gasteiger partial charge in [-0.1, -0.05) is 30.3 Å². The van der Waals surface area contributed by atoms with E-state index in [4.69, 9.17) is 20.0 Å². The summed E-state index contributed by atoms with van der Waals surface area (Å²) in [7, 11) is 0. The number of aliphatic imine (C=N–C) groups is 1. The first-order chi connectivity index (χ1) is 12.1. The third kappa shape index (κ3) is 3.92. The van der Waals surface area contributed by atoms with E-state index in [9.17, 15) is 4.79 Å². The molecule has 0 spiro atoms. The van der Waals surface area contributed by atoms with Gasteiger partial charge in [0.2, 0.25) is 11.4 Å². The third-order valence-corrected chi connectivity index (χ3v) is 3.86. The molecule has 1 aliphatic heterocycles. The Balaban J connectivity index is 2.59. The van der Waals surface area contributed by atoms with Gasteiger partial charge in [0.1, 0.15) is 23.5 Å². The number of allylic oxidation sites excluding steroid dienone is 1. The zero-order valence-corrected chi connectivity index (χ0v) is 15.5. The molecule has 1 aromatic carbocycles. The molecule has 0 N–H and O–H groups in total. The maximum absolute atomic E-state index is 12.8. The van der Waals surface area contributed by atoms with E-state index in [-0.39, 0.29) is 5.71 Å². The number of benzene rings is 1. The Bertz CT molecular complexity index is 835. The van der Waals surface area contributed by atoms with Crippen molar-refractivity contribution < 1.29 is 14.3 Å². The molecule has 1 aromatic rings. The number of nitrogens with zero attached hydrogens (tertiary/aromatic N) is 3. The van der Waals surface area contributed by atoms with E-state index in [2.05, 4.69) is 4.99 Å². The fourth-order valence-electron chi connectivity index (χ4n) is 3.00. The van der Waals surface area contributed by atoms with Crippen LogP contribution in [0.4, 0.5) is 0 Å². The lowest BCUT2D eigenvalue weighted by Crippen LogP contribution is -2.34. The van der Waals surface area contributed by atoms with Crippen molar-refractivity contribution in [1.29, 1.82) is 10.5 Å². The van der Waals surface area contributed by atoms with E-state index < -0.39 is 23.2 Å². The molecule has 0 aromatic heterocycles. The molecule has 1 aliphatic rings. The van der Waals surface area contributed by atoms with Gasteiger partial charge >= 0.3 is 5.97 Å². The fraction of sp³-hybridized carbons (Fsp3) is 0.400. The van der Waals surface area contributed by atoms with Crippen molar-refractivity contribution in [1.82, 2.24) is 0 Å². The molecule has 0 saturated heterocycles. The highest BCUT2D eigenvalue weighted by Gasteiger charge is 2.50. The minimum absolute atomic E-state index is 0.313. The van der Waals surface area contributed by atoms with Crippen LogP contribution in [0.15, 0.2) is 46.7 Å². The van der Waals surface area contributed by atoms with Crippen LogP contribution in [-0.4, -0.2) is 23.0 Å². The highest BCUT2D eigenvalue weighted by Crippen LogP contribution is 2.47. The smallest absolute Gasteiger partial charge is 0.338 e. The molecule has 0 bridgehead atoms. The van der Waals surface area contributed by atoms with Gasteiger partial charge in [-0.25, -0.2) is 9.79 Å². The maximum Gasteiger partial charge on any atom is 0.338 e. The summed E-state index contributed by atoms with van der Waals surface area (Å²) in [5.74, 6) is -0.733. The van der Waals surface area contributed by atoms with Crippen molar-refractivity contribution in [2.45, 2.75) is 51.9 Å². The molecular formula is C20H21N3O3. The van der Waals surface area contributed by atoms with Crippen LogP contribution in [0.2, 0.25) is 0 Å². The first kappa shape index (κ1) is 19.2. The summed E-state index contributed by atoms with van der Waals surface area (Å²) in [5.41, 5.74) is -1.15. The molecule has 0 fully saturated rings. The molecule has 0 radical (unpaired) electrons. The number of nitriles is 2. The van der Waals surface area contributed by atoms with Gasteiger partial charge in [-0.2, -0.15) is 10.5 Å². The van der Waals surface area contributed by atoms with Crippen LogP contribution < -0.4 is 0 Å². The van der Waals surface area contributed by atoms with Crippen LogP contribution in [0.5, 0.6) is 0 Å². The van der Waals surface area contributed by atoms with E-state index in [0.717, 1.165) is 5.56 Å². The molecule has 6 nitrogen and oxygen atoms in total. The Kier molecular flexibility index (Phi) is 5.18. The minimum Gasteiger partial charge on any atom is -0.469 e. The Morgan fingerprint density at radius 2 is 1.81 bits per heavy atom. The molecular weight excluding hydrogens is 330 g/mol. The predicted octanol–water partition coefficient (Wildman–Crippen LogP) is 3.62. The molecule has 0 amide bonds. The quantitative estimate of drug-likeness (QED) is 0.612. The van der Waals surface area contributed by atoms with Crippen LogP contribution in [0.3, 0.4) is 0 Å². The van der Waals surface area contributed by atoms with Crippen molar-refractivity contribution in [2.75, 3.05) is 0 Å². The highest BCUT2D eigenvalue weighted by atomic mass is 16.6. The molecule has 0 unspecified atom stereocenters. The molecule has 0 aliphatic carbocycles. The number of esters is 1. The lowest BCUT2D eigenvalue weighted by Gasteiger charge is -2.29. The van der Waals surface area contributed by atoms with E-state index >= 15 is 0 Å². The molecule has 6 heteroatoms. The molecule has 1 heterocycles. The second kappa shape index (κ2) is 7.01. The number of hydrogen-bond acceptors (Lipinski definition) is 6. The van der Waals surface area contributed by atoms with E-state index in [1.807, 2.05) is 30.3 Å². The first-order valence-electron chi connectivity index (χ1n) is 8.19. The monoisotopic (exact) mass is 351 g/mol. The highest BCUT2D eigenvalue weighted by molar-refractivity contribution is 6.10. The standard InChI is InChI=1S/C20H21N3O3/c1-13-16(18(24)26-19(2,3)4)17(14-9-7-6-8-10-14)20(5,25-13)23-15(11-21)12-22/h6-10,17H,1-5H3/t17-,20+/m0/s1. The fourth-order valence-corrected chi connectivity index (χ4v) is 3.00. The lowest BCUT2D eigenvalue weighted by molar-refractivity contribution is -0.150. The summed E-state index contributed by atoms with van der Waals surface area (Å²) in [4.78, 5) is 17.0. The van der Waals surface area contributed by atoms with Gasteiger partial charge in [-0.05, 0) is 40.2 Å². The van der Waals surface area contributed by atoms with E-state index in [1.54, 1.807) is 46.8 Å². The molecule has 2 atom stereocenters. The van der Waals surface area contributed by atoms with Gasteiger partial charge in [-0.15, -0.1) is 0 Å². The normalized spacial score (nSPS) is 22.0. The van der Waals surface area contributed by atoms with Gasteiger partial charge in [0.25, 0.3) is 0 Å². The average molecular weight is 351 g/mol. The third-order valence-electron chi connectivity index (χ3n) is 3.86. The average Bonchev–Trinajstić information content (AvgIpc) is 2.82. The van der Waals surface area contributed by atoms with Gasteiger partial charge in [0.15, 0.2) is 0 Å². The summed E-state index contributed by atoms with van der Waals surface area (Å²) in [5, 5.41) is 18.2. The Morgan fingerprint density at radius 3 is 2.31 bits per heavy atom. The largest absolute Gasteiger partial charge is 0.469 e. The maximum atomic E-state index is 12.8. The van der Waals surface area contributed by atoms with Crippen molar-refractivity contribution in [2.24, 2.45) is 4.99 Å². The second-order valence-electron chi connectivity index (χ2n) is 7.16. The summed E-state index contributed by atoms with van der Waals surface area (Å²) in [6.07, 6.45) is 0. The van der Waals surface area contributed by atoms with Crippen LogP contribution >= 0.6 is 0 Å². The number of rotatable bonds is 3. The molecule has 0 saturated carbocycles. The summed E-state index contributed by atoms with van der Waals surface area (Å²) < 4.78 is 11.4. The van der Waals surface area contributed by atoms with Crippen molar-refractivity contribution in [3.63, 3.8) is 0 Å². The summed E-state index contributed by atoms with van der Waals surface area (Å²) in [6, 6.07) is 12.7. The molecule has 26 heavy (non-hydrogen) atoms. The molecule has 2 rings (SSSR count). The van der Waals surface area contributed by atoms with Crippen molar-refractivity contribution >= 4 is 11.7 Å². The van der Waals surface area contributed by atoms with E-state index in [0.29, 0.717) is 11.3 Å². The number of ether oxygens (including phenoxy) is 2. The zero-order chi connectivity index (χ0) is 19.5. The number of carbonyl (C=O) groups is 1. The minimum atomic E-state index is -1.29. The van der Waals surface area contributed by atoms with Crippen LogP contribution in [0, 0.1) is 22.7 Å². The number of hydrogen-bond donors (Lipinski definition) is 0. The van der Waals surface area contributed by atoms with Gasteiger partial charge in [-0.3, -0.25) is 0 Å². The summed E-state index contributed by atoms with van der Waals surface area (Å²) in [6.45, 7) is 8.67. The lowest BCUT2D eigenvalue weighted by atomic mass is 9.84. The van der Waals surface area contributed by atoms with Crippen molar-refractivity contribution in [3.8, 4) is 12.1 Å². The van der Waals surface area contributed by atoms with Gasteiger partial charge < -0.3 is 9.47 Å². The predicted molar refractivity (Wildman–Crippen MR) is 95.9 cm³/mol. The SMILES string of the molecule is CC1=C(C(=O)OC(C)(C)C)[C@H](c2ccccc2)[C@](C)(N=C(C#N)C#N)O1. The topological polar surface area (TPSA) is 95.5 Å². The Labute approximate surface area is 153 Å².